The standard InChI is InChI=1S/C17H22ClN3O3/c1-17(2,15-12-5-4-6-13(18)14(12)24-20-15)21(3)16(22)11-9-19-7-8-23-10-11/h4-6,11,19H,7-10H2,1-3H3. The molecule has 24 heavy (non-hydrogen) atoms. The zero-order valence-electron chi connectivity index (χ0n) is 14.1. The molecule has 1 aliphatic rings. The first-order chi connectivity index (χ1) is 11.4. The highest BCUT2D eigenvalue weighted by atomic mass is 35.5. The molecule has 3 rings (SSSR count). The van der Waals surface area contributed by atoms with E-state index in [1.807, 2.05) is 26.0 Å². The van der Waals surface area contributed by atoms with E-state index in [2.05, 4.69) is 10.5 Å². The van der Waals surface area contributed by atoms with Crippen molar-refractivity contribution in [2.24, 2.45) is 5.92 Å². The molecule has 1 atom stereocenters. The van der Waals surface area contributed by atoms with Crippen LogP contribution in [0.15, 0.2) is 22.7 Å². The zero-order chi connectivity index (χ0) is 17.3. The second-order valence-electron chi connectivity index (χ2n) is 6.58. The molecule has 1 aromatic carbocycles. The summed E-state index contributed by atoms with van der Waals surface area (Å²) in [5.41, 5.74) is 0.597. The summed E-state index contributed by atoms with van der Waals surface area (Å²) in [6, 6.07) is 5.52. The summed E-state index contributed by atoms with van der Waals surface area (Å²) in [4.78, 5) is 14.6. The third kappa shape index (κ3) is 3.01. The normalized spacial score (nSPS) is 19.2. The summed E-state index contributed by atoms with van der Waals surface area (Å²) in [6.07, 6.45) is 0. The van der Waals surface area contributed by atoms with Gasteiger partial charge in [-0.15, -0.1) is 0 Å². The van der Waals surface area contributed by atoms with Crippen LogP contribution in [0.1, 0.15) is 19.5 Å². The number of rotatable bonds is 3. The van der Waals surface area contributed by atoms with Crippen LogP contribution in [0, 0.1) is 5.92 Å². The van der Waals surface area contributed by atoms with E-state index >= 15 is 0 Å². The monoisotopic (exact) mass is 351 g/mol. The summed E-state index contributed by atoms with van der Waals surface area (Å²) in [5.74, 6) is -0.189. The highest BCUT2D eigenvalue weighted by Crippen LogP contribution is 2.35. The third-order valence-electron chi connectivity index (χ3n) is 4.68. The lowest BCUT2D eigenvalue weighted by atomic mass is 9.94. The Morgan fingerprint density at radius 2 is 2.25 bits per heavy atom. The van der Waals surface area contributed by atoms with Crippen LogP contribution < -0.4 is 5.32 Å². The molecule has 1 aliphatic heterocycles. The molecule has 2 heterocycles. The summed E-state index contributed by atoms with van der Waals surface area (Å²) >= 11 is 6.16. The van der Waals surface area contributed by atoms with Gasteiger partial charge in [-0.3, -0.25) is 4.79 Å². The topological polar surface area (TPSA) is 67.6 Å². The predicted molar refractivity (Wildman–Crippen MR) is 92.0 cm³/mol. The van der Waals surface area contributed by atoms with Crippen molar-refractivity contribution >= 4 is 28.5 Å². The number of nitrogens with zero attached hydrogens (tertiary/aromatic N) is 2. The number of hydrogen-bond acceptors (Lipinski definition) is 5. The number of carbonyl (C=O) groups excluding carboxylic acids is 1. The van der Waals surface area contributed by atoms with Crippen LogP contribution in [-0.2, 0) is 15.1 Å². The van der Waals surface area contributed by atoms with Gasteiger partial charge in [-0.2, -0.15) is 0 Å². The van der Waals surface area contributed by atoms with Gasteiger partial charge in [-0.05, 0) is 26.0 Å². The Kier molecular flexibility index (Phi) is 4.80. The molecule has 0 bridgehead atoms. The van der Waals surface area contributed by atoms with Gasteiger partial charge in [-0.1, -0.05) is 22.8 Å². The summed E-state index contributed by atoms with van der Waals surface area (Å²) < 4.78 is 10.9. The smallest absolute Gasteiger partial charge is 0.229 e. The number of nitrogens with one attached hydrogen (secondary N) is 1. The number of hydrogen-bond donors (Lipinski definition) is 1. The van der Waals surface area contributed by atoms with Gasteiger partial charge in [0.15, 0.2) is 5.58 Å². The number of halogens is 1. The van der Waals surface area contributed by atoms with Crippen molar-refractivity contribution in [2.45, 2.75) is 19.4 Å². The quantitative estimate of drug-likeness (QED) is 0.919. The second kappa shape index (κ2) is 6.70. The lowest BCUT2D eigenvalue weighted by Gasteiger charge is -2.36. The number of amides is 1. The molecule has 1 unspecified atom stereocenters. The summed E-state index contributed by atoms with van der Waals surface area (Å²) in [6.45, 7) is 6.34. The van der Waals surface area contributed by atoms with Crippen LogP contribution in [0.25, 0.3) is 11.0 Å². The van der Waals surface area contributed by atoms with Gasteiger partial charge >= 0.3 is 0 Å². The van der Waals surface area contributed by atoms with E-state index in [1.165, 1.54) is 0 Å². The molecule has 0 spiro atoms. The van der Waals surface area contributed by atoms with Gasteiger partial charge in [0.1, 0.15) is 5.69 Å². The Labute approximate surface area is 146 Å². The fraction of sp³-hybridized carbons (Fsp3) is 0.529. The average Bonchev–Trinajstić information content (AvgIpc) is 2.83. The largest absolute Gasteiger partial charge is 0.379 e. The minimum Gasteiger partial charge on any atom is -0.379 e. The van der Waals surface area contributed by atoms with E-state index in [-0.39, 0.29) is 11.8 Å². The van der Waals surface area contributed by atoms with Crippen LogP contribution in [0.2, 0.25) is 5.02 Å². The molecule has 1 aromatic heterocycles. The van der Waals surface area contributed by atoms with Crippen LogP contribution in [0.4, 0.5) is 0 Å². The van der Waals surface area contributed by atoms with E-state index in [4.69, 9.17) is 20.9 Å². The van der Waals surface area contributed by atoms with Gasteiger partial charge < -0.3 is 19.5 Å². The van der Waals surface area contributed by atoms with Crippen molar-refractivity contribution in [3.63, 3.8) is 0 Å². The molecule has 6 nitrogen and oxygen atoms in total. The molecular formula is C17H22ClN3O3. The molecule has 7 heteroatoms. The van der Waals surface area contributed by atoms with E-state index in [1.54, 1.807) is 18.0 Å². The number of carbonyl (C=O) groups is 1. The molecule has 0 saturated carbocycles. The lowest BCUT2D eigenvalue weighted by Crippen LogP contribution is -2.48. The molecule has 130 valence electrons. The maximum atomic E-state index is 12.9. The number of aromatic nitrogens is 1. The van der Waals surface area contributed by atoms with Crippen molar-refractivity contribution in [2.75, 3.05) is 33.4 Å². The van der Waals surface area contributed by atoms with Gasteiger partial charge in [0.25, 0.3) is 0 Å². The molecule has 1 saturated heterocycles. The lowest BCUT2D eigenvalue weighted by molar-refractivity contribution is -0.141. The molecule has 0 radical (unpaired) electrons. The minimum absolute atomic E-state index is 0.0209. The van der Waals surface area contributed by atoms with Crippen LogP contribution in [0.5, 0.6) is 0 Å². The maximum absolute atomic E-state index is 12.9. The number of ether oxygens (including phenoxy) is 1. The third-order valence-corrected chi connectivity index (χ3v) is 4.98. The number of benzene rings is 1. The Hall–Kier alpha value is -1.63. The van der Waals surface area contributed by atoms with Crippen molar-refractivity contribution in [3.8, 4) is 0 Å². The number of fused-ring (bicyclic) bond motifs is 1. The summed E-state index contributed by atoms with van der Waals surface area (Å²) in [5, 5.41) is 8.76. The van der Waals surface area contributed by atoms with E-state index in [0.717, 1.165) is 11.9 Å². The molecular weight excluding hydrogens is 330 g/mol. The van der Waals surface area contributed by atoms with E-state index < -0.39 is 5.54 Å². The van der Waals surface area contributed by atoms with Crippen LogP contribution in [-0.4, -0.2) is 49.3 Å². The second-order valence-corrected chi connectivity index (χ2v) is 6.99. The summed E-state index contributed by atoms with van der Waals surface area (Å²) in [7, 11) is 1.79. The Bertz CT molecular complexity index is 736. The van der Waals surface area contributed by atoms with Gasteiger partial charge in [-0.25, -0.2) is 0 Å². The van der Waals surface area contributed by atoms with Gasteiger partial charge in [0, 0.05) is 25.5 Å². The van der Waals surface area contributed by atoms with Crippen molar-refractivity contribution in [3.05, 3.63) is 28.9 Å². The molecule has 2 aromatic rings. The molecule has 1 fully saturated rings. The average molecular weight is 352 g/mol. The van der Waals surface area contributed by atoms with Crippen LogP contribution >= 0.6 is 11.6 Å². The van der Waals surface area contributed by atoms with Crippen molar-refractivity contribution in [1.82, 2.24) is 15.4 Å². The highest BCUT2D eigenvalue weighted by Gasteiger charge is 2.37. The SMILES string of the molecule is CN(C(=O)C1CNCCOC1)C(C)(C)c1noc2c(Cl)cccc12. The van der Waals surface area contributed by atoms with Crippen molar-refractivity contribution in [1.29, 1.82) is 0 Å². The van der Waals surface area contributed by atoms with Crippen LogP contribution in [0.3, 0.4) is 0 Å². The maximum Gasteiger partial charge on any atom is 0.229 e. The first-order valence-corrected chi connectivity index (χ1v) is 8.41. The Balaban J connectivity index is 1.90. The fourth-order valence-corrected chi connectivity index (χ4v) is 3.15. The van der Waals surface area contributed by atoms with E-state index in [9.17, 15) is 4.79 Å². The van der Waals surface area contributed by atoms with Gasteiger partial charge in [0.2, 0.25) is 5.91 Å². The molecule has 1 N–H and O–H groups in total. The first-order valence-electron chi connectivity index (χ1n) is 8.03. The number of para-hydroxylation sites is 1. The first kappa shape index (κ1) is 17.2. The highest BCUT2D eigenvalue weighted by molar-refractivity contribution is 6.34. The van der Waals surface area contributed by atoms with E-state index in [0.29, 0.717) is 36.1 Å². The molecule has 1 amide bonds. The van der Waals surface area contributed by atoms with Gasteiger partial charge in [0.05, 0.1) is 29.7 Å². The molecule has 0 aliphatic carbocycles. The minimum atomic E-state index is -0.640. The predicted octanol–water partition coefficient (Wildman–Crippen LogP) is 2.41. The van der Waals surface area contributed by atoms with Crippen molar-refractivity contribution < 1.29 is 14.1 Å². The Morgan fingerprint density at radius 1 is 1.46 bits per heavy atom. The Morgan fingerprint density at radius 3 is 3.04 bits per heavy atom. The zero-order valence-corrected chi connectivity index (χ0v) is 14.9. The fourth-order valence-electron chi connectivity index (χ4n) is 2.94.